The Kier molecular flexibility index (Phi) is 5.39. The van der Waals surface area contributed by atoms with Gasteiger partial charge >= 0.3 is 11.3 Å². The maximum absolute atomic E-state index is 11.6. The van der Waals surface area contributed by atoms with Crippen molar-refractivity contribution in [2.45, 2.75) is 38.2 Å². The minimum atomic E-state index is -0.947. The van der Waals surface area contributed by atoms with Crippen molar-refractivity contribution >= 4 is 29.1 Å². The minimum absolute atomic E-state index is 0.262. The van der Waals surface area contributed by atoms with E-state index in [4.69, 9.17) is 9.84 Å². The van der Waals surface area contributed by atoms with Crippen molar-refractivity contribution < 1.29 is 19.4 Å². The monoisotopic (exact) mass is 294 g/mol. The molecule has 0 unspecified atom stereocenters. The van der Waals surface area contributed by atoms with Gasteiger partial charge in [-0.25, -0.2) is 9.59 Å². The third-order valence-electron chi connectivity index (χ3n) is 2.19. The Hall–Kier alpha value is -1.75. The molecule has 0 aliphatic heterocycles. The average Bonchev–Trinajstić information content (AvgIpc) is 2.28. The first-order chi connectivity index (χ1) is 9.17. The molecule has 0 aliphatic carbocycles. The van der Waals surface area contributed by atoms with Crippen molar-refractivity contribution in [2.24, 2.45) is 0 Å². The van der Waals surface area contributed by atoms with Crippen LogP contribution in [0.2, 0.25) is 0 Å². The van der Waals surface area contributed by atoms with Crippen molar-refractivity contribution in [3.63, 3.8) is 0 Å². The van der Waals surface area contributed by atoms with E-state index >= 15 is 0 Å². The highest BCUT2D eigenvalue weighted by atomic mass is 32.2. The molecule has 1 aromatic carbocycles. The van der Waals surface area contributed by atoms with E-state index in [1.165, 1.54) is 6.92 Å². The molecule has 5 heteroatoms. The summed E-state index contributed by atoms with van der Waals surface area (Å²) in [6, 6.07) is 7.05. The number of benzene rings is 1. The lowest BCUT2D eigenvalue weighted by atomic mass is 10.1. The second kappa shape index (κ2) is 6.61. The lowest BCUT2D eigenvalue weighted by Gasteiger charge is -2.18. The fourth-order valence-electron chi connectivity index (χ4n) is 1.31. The van der Waals surface area contributed by atoms with Crippen LogP contribution in [-0.4, -0.2) is 22.0 Å². The zero-order chi connectivity index (χ0) is 15.3. The van der Waals surface area contributed by atoms with Gasteiger partial charge in [0.25, 0.3) is 0 Å². The van der Waals surface area contributed by atoms with Gasteiger partial charge < -0.3 is 9.84 Å². The van der Waals surface area contributed by atoms with Crippen LogP contribution in [0.3, 0.4) is 0 Å². The quantitative estimate of drug-likeness (QED) is 0.514. The SMILES string of the molecule is CC(=Cc1ccc(SC(=O)OC(C)(C)C)cc1)C(=O)O. The number of carboxylic acids is 1. The number of carbonyl (C=O) groups excluding carboxylic acids is 1. The molecule has 1 rings (SSSR count). The van der Waals surface area contributed by atoms with Gasteiger partial charge in [0.1, 0.15) is 5.60 Å². The highest BCUT2D eigenvalue weighted by molar-refractivity contribution is 8.13. The summed E-state index contributed by atoms with van der Waals surface area (Å²) in [4.78, 5) is 23.1. The van der Waals surface area contributed by atoms with Crippen LogP contribution in [0.25, 0.3) is 6.08 Å². The van der Waals surface area contributed by atoms with Crippen molar-refractivity contribution in [1.29, 1.82) is 0 Å². The molecule has 0 aliphatic rings. The molecular weight excluding hydrogens is 276 g/mol. The number of thioether (sulfide) groups is 1. The number of carbonyl (C=O) groups is 2. The summed E-state index contributed by atoms with van der Waals surface area (Å²) in [5.74, 6) is -0.947. The lowest BCUT2D eigenvalue weighted by Crippen LogP contribution is -2.21. The van der Waals surface area contributed by atoms with Crippen LogP contribution in [0.4, 0.5) is 4.79 Å². The largest absolute Gasteiger partial charge is 0.478 e. The van der Waals surface area contributed by atoms with E-state index in [1.54, 1.807) is 30.3 Å². The van der Waals surface area contributed by atoms with Crippen molar-refractivity contribution in [1.82, 2.24) is 0 Å². The average molecular weight is 294 g/mol. The summed E-state index contributed by atoms with van der Waals surface area (Å²) >= 11 is 1.01. The number of hydrogen-bond acceptors (Lipinski definition) is 4. The maximum atomic E-state index is 11.6. The zero-order valence-electron chi connectivity index (χ0n) is 12.0. The van der Waals surface area contributed by atoms with E-state index in [0.29, 0.717) is 0 Å². The van der Waals surface area contributed by atoms with Gasteiger partial charge in [0.15, 0.2) is 0 Å². The van der Waals surface area contributed by atoms with Gasteiger partial charge in [0.2, 0.25) is 0 Å². The molecule has 0 heterocycles. The molecular formula is C15H18O4S. The zero-order valence-corrected chi connectivity index (χ0v) is 12.8. The van der Waals surface area contributed by atoms with Crippen LogP contribution in [0.1, 0.15) is 33.3 Å². The molecule has 0 saturated carbocycles. The lowest BCUT2D eigenvalue weighted by molar-refractivity contribution is -0.132. The van der Waals surface area contributed by atoms with Gasteiger partial charge in [-0.1, -0.05) is 12.1 Å². The molecule has 0 saturated heterocycles. The van der Waals surface area contributed by atoms with E-state index in [0.717, 1.165) is 22.2 Å². The van der Waals surface area contributed by atoms with Gasteiger partial charge in [-0.2, -0.15) is 0 Å². The fraction of sp³-hybridized carbons (Fsp3) is 0.333. The van der Waals surface area contributed by atoms with Crippen molar-refractivity contribution in [2.75, 3.05) is 0 Å². The Morgan fingerprint density at radius 1 is 1.20 bits per heavy atom. The van der Waals surface area contributed by atoms with E-state index in [1.807, 2.05) is 20.8 Å². The van der Waals surface area contributed by atoms with E-state index < -0.39 is 11.6 Å². The summed E-state index contributed by atoms with van der Waals surface area (Å²) in [7, 11) is 0. The van der Waals surface area contributed by atoms with Crippen LogP contribution in [0.15, 0.2) is 34.7 Å². The standard InChI is InChI=1S/C15H18O4S/c1-10(13(16)17)9-11-5-7-12(8-6-11)20-14(18)19-15(2,3)4/h5-9H,1-4H3,(H,16,17). The third kappa shape index (κ3) is 5.93. The highest BCUT2D eigenvalue weighted by Gasteiger charge is 2.17. The number of hydrogen-bond donors (Lipinski definition) is 1. The first-order valence-electron chi connectivity index (χ1n) is 6.10. The van der Waals surface area contributed by atoms with Crippen LogP contribution in [0.5, 0.6) is 0 Å². The molecule has 0 radical (unpaired) electrons. The molecule has 20 heavy (non-hydrogen) atoms. The molecule has 108 valence electrons. The van der Waals surface area contributed by atoms with E-state index in [-0.39, 0.29) is 10.9 Å². The predicted molar refractivity (Wildman–Crippen MR) is 79.8 cm³/mol. The molecule has 1 N–H and O–H groups in total. The molecule has 4 nitrogen and oxygen atoms in total. The van der Waals surface area contributed by atoms with Gasteiger partial charge in [0.05, 0.1) is 0 Å². The Morgan fingerprint density at radius 2 is 1.75 bits per heavy atom. The van der Waals surface area contributed by atoms with Crippen LogP contribution in [-0.2, 0) is 9.53 Å². The smallest absolute Gasteiger partial charge is 0.372 e. The second-order valence-electron chi connectivity index (χ2n) is 5.27. The summed E-state index contributed by atoms with van der Waals surface area (Å²) in [5, 5.41) is 8.43. The van der Waals surface area contributed by atoms with Gasteiger partial charge in [-0.15, -0.1) is 0 Å². The first-order valence-corrected chi connectivity index (χ1v) is 6.91. The number of rotatable bonds is 3. The Labute approximate surface area is 122 Å². The van der Waals surface area contributed by atoms with E-state index in [9.17, 15) is 9.59 Å². The summed E-state index contributed by atoms with van der Waals surface area (Å²) in [6.07, 6.45) is 1.57. The Bertz CT molecular complexity index is 524. The summed E-state index contributed by atoms with van der Waals surface area (Å²) < 4.78 is 5.20. The molecule has 0 aromatic heterocycles. The molecule has 0 bridgehead atoms. The van der Waals surface area contributed by atoms with Crippen LogP contribution < -0.4 is 0 Å². The number of carboxylic acid groups (broad SMARTS) is 1. The van der Waals surface area contributed by atoms with Gasteiger partial charge in [-0.05, 0) is 63.2 Å². The third-order valence-corrected chi connectivity index (χ3v) is 2.95. The predicted octanol–water partition coefficient (Wildman–Crippen LogP) is 4.20. The Balaban J connectivity index is 2.70. The molecule has 1 aromatic rings. The first kappa shape index (κ1) is 16.3. The topological polar surface area (TPSA) is 63.6 Å². The van der Waals surface area contributed by atoms with Crippen LogP contribution in [0, 0.1) is 0 Å². The van der Waals surface area contributed by atoms with Gasteiger partial charge in [0, 0.05) is 10.5 Å². The van der Waals surface area contributed by atoms with Crippen molar-refractivity contribution in [3.8, 4) is 0 Å². The number of ether oxygens (including phenoxy) is 1. The highest BCUT2D eigenvalue weighted by Crippen LogP contribution is 2.24. The fourth-order valence-corrected chi connectivity index (χ4v) is 2.07. The molecule has 0 fully saturated rings. The molecule has 0 spiro atoms. The minimum Gasteiger partial charge on any atom is -0.478 e. The number of aliphatic carboxylic acids is 1. The molecule has 0 atom stereocenters. The summed E-state index contributed by atoms with van der Waals surface area (Å²) in [6.45, 7) is 6.97. The normalized spacial score (nSPS) is 12.1. The molecule has 0 amide bonds. The second-order valence-corrected chi connectivity index (χ2v) is 6.28. The van der Waals surface area contributed by atoms with Gasteiger partial charge in [-0.3, -0.25) is 0 Å². The van der Waals surface area contributed by atoms with Crippen molar-refractivity contribution in [3.05, 3.63) is 35.4 Å². The Morgan fingerprint density at radius 3 is 2.20 bits per heavy atom. The maximum Gasteiger partial charge on any atom is 0.372 e. The summed E-state index contributed by atoms with van der Waals surface area (Å²) in [5.41, 5.74) is 0.529. The van der Waals surface area contributed by atoms with E-state index in [2.05, 4.69) is 0 Å². The van der Waals surface area contributed by atoms with Crippen LogP contribution >= 0.6 is 11.8 Å².